The topological polar surface area (TPSA) is 76.4 Å². The fourth-order valence-corrected chi connectivity index (χ4v) is 3.91. The molecule has 0 aliphatic carbocycles. The Morgan fingerprint density at radius 2 is 1.85 bits per heavy atom. The number of anilines is 1. The predicted molar refractivity (Wildman–Crippen MR) is 101 cm³/mol. The Bertz CT molecular complexity index is 1120. The van der Waals surface area contributed by atoms with E-state index in [4.69, 9.17) is 0 Å². The largest absolute Gasteiger partial charge is 0.291 e. The fourth-order valence-electron chi connectivity index (χ4n) is 2.72. The summed E-state index contributed by atoms with van der Waals surface area (Å²) in [6.07, 6.45) is 5.41. The third-order valence-electron chi connectivity index (χ3n) is 3.87. The number of nitrogens with one attached hydrogen (secondary N) is 1. The lowest BCUT2D eigenvalue weighted by Crippen LogP contribution is -2.15. The van der Waals surface area contributed by atoms with Crippen molar-refractivity contribution in [3.63, 3.8) is 0 Å². The number of nitrogens with zero attached hydrogens (tertiary/aromatic N) is 3. The monoisotopic (exact) mass is 364 g/mol. The van der Waals surface area contributed by atoms with Crippen molar-refractivity contribution in [1.29, 1.82) is 0 Å². The molecule has 4 aromatic rings. The highest BCUT2D eigenvalue weighted by Gasteiger charge is 2.13. The highest BCUT2D eigenvalue weighted by Crippen LogP contribution is 2.23. The summed E-state index contributed by atoms with van der Waals surface area (Å²) in [5.74, 6) is 0.522. The van der Waals surface area contributed by atoms with Crippen LogP contribution in [0, 0.1) is 0 Å². The molecule has 0 aliphatic rings. The molecule has 2 aromatic carbocycles. The molecule has 26 heavy (non-hydrogen) atoms. The Hall–Kier alpha value is -3.19. The number of hydrogen-bond donors (Lipinski definition) is 1. The Kier molecular flexibility index (Phi) is 4.14. The minimum absolute atomic E-state index is 0.0731. The number of fused-ring (bicyclic) bond motifs is 1. The summed E-state index contributed by atoms with van der Waals surface area (Å²) in [6.45, 7) is 0. The van der Waals surface area contributed by atoms with Gasteiger partial charge >= 0.3 is 0 Å². The van der Waals surface area contributed by atoms with Gasteiger partial charge in [-0.25, -0.2) is 18.4 Å². The van der Waals surface area contributed by atoms with Crippen LogP contribution in [0.3, 0.4) is 0 Å². The van der Waals surface area contributed by atoms with E-state index in [0.717, 1.165) is 16.8 Å². The van der Waals surface area contributed by atoms with Gasteiger partial charge in [0.25, 0.3) is 0 Å². The minimum Gasteiger partial charge on any atom is -0.291 e. The molecule has 0 saturated heterocycles. The van der Waals surface area contributed by atoms with Crippen LogP contribution in [0.15, 0.2) is 79.3 Å². The zero-order chi connectivity index (χ0) is 18.0. The van der Waals surface area contributed by atoms with Crippen molar-refractivity contribution in [2.45, 2.75) is 5.75 Å². The summed E-state index contributed by atoms with van der Waals surface area (Å²) in [7, 11) is -3.50. The van der Waals surface area contributed by atoms with Gasteiger partial charge in [0, 0.05) is 29.8 Å². The van der Waals surface area contributed by atoms with Crippen LogP contribution in [-0.2, 0) is 15.8 Å². The first-order valence-corrected chi connectivity index (χ1v) is 9.69. The maximum Gasteiger partial charge on any atom is 0.236 e. The van der Waals surface area contributed by atoms with E-state index < -0.39 is 10.0 Å². The second-order valence-corrected chi connectivity index (χ2v) is 7.60. The molecule has 0 atom stereocenters. The summed E-state index contributed by atoms with van der Waals surface area (Å²) >= 11 is 0. The fraction of sp³-hybridized carbons (Fsp3) is 0.0526. The number of aromatic nitrogens is 3. The lowest BCUT2D eigenvalue weighted by Gasteiger charge is -2.09. The Labute approximate surface area is 151 Å². The van der Waals surface area contributed by atoms with E-state index in [1.54, 1.807) is 36.5 Å². The molecule has 0 radical (unpaired) electrons. The zero-order valence-electron chi connectivity index (χ0n) is 13.8. The highest BCUT2D eigenvalue weighted by molar-refractivity contribution is 7.91. The van der Waals surface area contributed by atoms with Gasteiger partial charge in [0.15, 0.2) is 0 Å². The summed E-state index contributed by atoms with van der Waals surface area (Å²) < 4.78 is 29.3. The van der Waals surface area contributed by atoms with Crippen molar-refractivity contribution >= 4 is 21.5 Å². The molecule has 0 spiro atoms. The molecule has 0 aliphatic heterocycles. The van der Waals surface area contributed by atoms with Gasteiger partial charge in [-0.15, -0.1) is 0 Å². The molecule has 0 saturated carbocycles. The first kappa shape index (κ1) is 16.3. The molecule has 0 amide bonds. The van der Waals surface area contributed by atoms with Gasteiger partial charge in [-0.2, -0.15) is 0 Å². The first-order chi connectivity index (χ1) is 12.6. The summed E-state index contributed by atoms with van der Waals surface area (Å²) in [4.78, 5) is 8.66. The van der Waals surface area contributed by atoms with E-state index in [1.165, 1.54) is 0 Å². The van der Waals surface area contributed by atoms with Gasteiger partial charge < -0.3 is 0 Å². The zero-order valence-corrected chi connectivity index (χ0v) is 14.6. The molecule has 6 nitrogen and oxygen atoms in total. The summed E-state index contributed by atoms with van der Waals surface area (Å²) in [5, 5.41) is 0. The van der Waals surface area contributed by atoms with Gasteiger partial charge in [0.1, 0.15) is 0 Å². The highest BCUT2D eigenvalue weighted by atomic mass is 32.2. The number of benzene rings is 2. The van der Waals surface area contributed by atoms with Gasteiger partial charge in [-0.3, -0.25) is 9.12 Å². The maximum absolute atomic E-state index is 12.4. The van der Waals surface area contributed by atoms with Crippen molar-refractivity contribution in [1.82, 2.24) is 14.4 Å². The van der Waals surface area contributed by atoms with Crippen LogP contribution < -0.4 is 4.72 Å². The molecular weight excluding hydrogens is 348 g/mol. The van der Waals surface area contributed by atoms with Crippen LogP contribution in [0.5, 0.6) is 0 Å². The number of sulfonamides is 1. The normalized spacial score (nSPS) is 11.5. The molecular formula is C19H16N4O2S. The van der Waals surface area contributed by atoms with Crippen LogP contribution in [0.2, 0.25) is 0 Å². The quantitative estimate of drug-likeness (QED) is 0.589. The Balaban J connectivity index is 1.59. The third-order valence-corrected chi connectivity index (χ3v) is 5.13. The average molecular weight is 364 g/mol. The van der Waals surface area contributed by atoms with Gasteiger partial charge in [-0.05, 0) is 23.8 Å². The van der Waals surface area contributed by atoms with E-state index in [1.807, 2.05) is 47.1 Å². The molecule has 130 valence electrons. The minimum atomic E-state index is -3.50. The summed E-state index contributed by atoms with van der Waals surface area (Å²) in [5.41, 5.74) is 2.79. The Morgan fingerprint density at radius 1 is 1.00 bits per heavy atom. The van der Waals surface area contributed by atoms with E-state index in [0.29, 0.717) is 11.5 Å². The predicted octanol–water partition coefficient (Wildman–Crippen LogP) is 3.34. The van der Waals surface area contributed by atoms with Crippen LogP contribution in [0.1, 0.15) is 5.56 Å². The van der Waals surface area contributed by atoms with Crippen molar-refractivity contribution < 1.29 is 8.42 Å². The lowest BCUT2D eigenvalue weighted by molar-refractivity contribution is 0.600. The maximum atomic E-state index is 12.4. The summed E-state index contributed by atoms with van der Waals surface area (Å²) in [6, 6.07) is 18.1. The third kappa shape index (κ3) is 3.57. The standard InChI is InChI=1S/C19H16N4O2S/c24-26(25,14-15-6-2-1-3-7-15)22-17-9-4-8-16(12-17)18-13-23-11-5-10-20-19(23)21-18/h1-13,22H,14H2. The molecule has 2 heterocycles. The van der Waals surface area contributed by atoms with Crippen molar-refractivity contribution in [2.24, 2.45) is 0 Å². The van der Waals surface area contributed by atoms with Crippen molar-refractivity contribution in [3.05, 3.63) is 84.8 Å². The van der Waals surface area contributed by atoms with Crippen LogP contribution in [0.25, 0.3) is 17.0 Å². The van der Waals surface area contributed by atoms with E-state index in [-0.39, 0.29) is 5.75 Å². The van der Waals surface area contributed by atoms with Crippen molar-refractivity contribution in [2.75, 3.05) is 4.72 Å². The van der Waals surface area contributed by atoms with E-state index >= 15 is 0 Å². The lowest BCUT2D eigenvalue weighted by atomic mass is 10.1. The van der Waals surface area contributed by atoms with Crippen LogP contribution >= 0.6 is 0 Å². The first-order valence-electron chi connectivity index (χ1n) is 8.04. The van der Waals surface area contributed by atoms with E-state index in [9.17, 15) is 8.42 Å². The second-order valence-electron chi connectivity index (χ2n) is 5.88. The SMILES string of the molecule is O=S(=O)(Cc1ccccc1)Nc1cccc(-c2cn3cccnc3n2)c1. The van der Waals surface area contributed by atoms with E-state index in [2.05, 4.69) is 14.7 Å². The van der Waals surface area contributed by atoms with Crippen LogP contribution in [-0.4, -0.2) is 22.8 Å². The molecule has 4 rings (SSSR count). The van der Waals surface area contributed by atoms with Gasteiger partial charge in [0.05, 0.1) is 11.4 Å². The van der Waals surface area contributed by atoms with Crippen LogP contribution in [0.4, 0.5) is 5.69 Å². The van der Waals surface area contributed by atoms with Gasteiger partial charge in [0.2, 0.25) is 15.8 Å². The molecule has 7 heteroatoms. The molecule has 1 N–H and O–H groups in total. The number of hydrogen-bond acceptors (Lipinski definition) is 4. The molecule has 2 aromatic heterocycles. The Morgan fingerprint density at radius 3 is 2.65 bits per heavy atom. The smallest absolute Gasteiger partial charge is 0.236 e. The van der Waals surface area contributed by atoms with Gasteiger partial charge in [-0.1, -0.05) is 42.5 Å². The molecule has 0 bridgehead atoms. The number of rotatable bonds is 5. The molecule has 0 fully saturated rings. The number of imidazole rings is 1. The second kappa shape index (κ2) is 6.61. The molecule has 0 unspecified atom stereocenters. The average Bonchev–Trinajstić information content (AvgIpc) is 3.06. The van der Waals surface area contributed by atoms with Crippen molar-refractivity contribution in [3.8, 4) is 11.3 Å².